The van der Waals surface area contributed by atoms with Crippen molar-refractivity contribution >= 4 is 5.78 Å². The summed E-state index contributed by atoms with van der Waals surface area (Å²) in [6.07, 6.45) is 9.21. The number of ketones is 1. The van der Waals surface area contributed by atoms with Gasteiger partial charge in [-0.15, -0.1) is 0 Å². The Hall–Kier alpha value is -0.590. The van der Waals surface area contributed by atoms with Gasteiger partial charge in [-0.25, -0.2) is 0 Å². The van der Waals surface area contributed by atoms with Crippen molar-refractivity contribution in [3.63, 3.8) is 0 Å². The van der Waals surface area contributed by atoms with Crippen molar-refractivity contribution in [1.29, 1.82) is 0 Å². The molecule has 1 heteroatoms. The van der Waals surface area contributed by atoms with E-state index >= 15 is 0 Å². The smallest absolute Gasteiger partial charge is 0.162 e. The molecule has 0 N–H and O–H groups in total. The van der Waals surface area contributed by atoms with Gasteiger partial charge >= 0.3 is 0 Å². The molecule has 1 nitrogen and oxygen atoms in total. The number of Topliss-reactive ketones (excluding diaryl/α,β-unsaturated/α-hetero) is 1. The topological polar surface area (TPSA) is 17.1 Å². The van der Waals surface area contributed by atoms with Crippen LogP contribution in [-0.4, -0.2) is 5.78 Å². The van der Waals surface area contributed by atoms with Crippen molar-refractivity contribution < 1.29 is 4.79 Å². The van der Waals surface area contributed by atoms with Gasteiger partial charge in [-0.3, -0.25) is 4.79 Å². The molecule has 0 amide bonds. The van der Waals surface area contributed by atoms with Crippen molar-refractivity contribution in [1.82, 2.24) is 0 Å². The number of allylic oxidation sites excluding steroid dienone is 2. The fourth-order valence-corrected chi connectivity index (χ4v) is 4.71. The number of carbonyl (C=O) groups excluding carboxylic acids is 1. The Kier molecular flexibility index (Phi) is 1.57. The molecule has 4 saturated carbocycles. The maximum absolute atomic E-state index is 12.2. The van der Waals surface area contributed by atoms with Crippen LogP contribution in [0.3, 0.4) is 0 Å². The molecule has 0 spiro atoms. The largest absolute Gasteiger partial charge is 0.294 e. The summed E-state index contributed by atoms with van der Waals surface area (Å²) in [5.74, 6) is 3.47. The highest BCUT2D eigenvalue weighted by molar-refractivity contribution is 6.01. The summed E-state index contributed by atoms with van der Waals surface area (Å²) in [6.45, 7) is 0. The Bertz CT molecular complexity index is 366. The van der Waals surface area contributed by atoms with Gasteiger partial charge in [0, 0.05) is 5.92 Å². The molecule has 0 aromatic heterocycles. The molecule has 0 aromatic carbocycles. The zero-order valence-corrected chi connectivity index (χ0v) is 9.17. The zero-order valence-electron chi connectivity index (χ0n) is 9.17. The lowest BCUT2D eigenvalue weighted by Gasteiger charge is -2.21. The Morgan fingerprint density at radius 3 is 2.27 bits per heavy atom. The van der Waals surface area contributed by atoms with E-state index in [1.165, 1.54) is 50.5 Å². The Morgan fingerprint density at radius 2 is 1.67 bits per heavy atom. The van der Waals surface area contributed by atoms with Crippen LogP contribution in [0.15, 0.2) is 11.1 Å². The Balaban J connectivity index is 1.77. The molecule has 0 aliphatic heterocycles. The van der Waals surface area contributed by atoms with Gasteiger partial charge in [-0.05, 0) is 68.3 Å². The van der Waals surface area contributed by atoms with Crippen molar-refractivity contribution in [2.45, 2.75) is 44.9 Å². The highest BCUT2D eigenvalue weighted by Crippen LogP contribution is 2.55. The highest BCUT2D eigenvalue weighted by Gasteiger charge is 2.47. The molecule has 0 aromatic rings. The van der Waals surface area contributed by atoms with Crippen LogP contribution in [0.4, 0.5) is 0 Å². The van der Waals surface area contributed by atoms with Crippen molar-refractivity contribution in [3.05, 3.63) is 11.1 Å². The number of hydrogen-bond donors (Lipinski definition) is 0. The number of rotatable bonds is 0. The molecule has 4 aliphatic rings. The second-order valence-corrected chi connectivity index (χ2v) is 6.09. The summed E-state index contributed by atoms with van der Waals surface area (Å²) in [7, 11) is 0. The molecule has 0 saturated heterocycles. The van der Waals surface area contributed by atoms with Crippen molar-refractivity contribution in [2.75, 3.05) is 0 Å². The van der Waals surface area contributed by atoms with Gasteiger partial charge in [-0.1, -0.05) is 5.57 Å². The minimum Gasteiger partial charge on any atom is -0.294 e. The average molecular weight is 202 g/mol. The van der Waals surface area contributed by atoms with E-state index in [1.54, 1.807) is 5.57 Å². The fraction of sp³-hybridized carbons (Fsp3) is 0.786. The van der Waals surface area contributed by atoms with Crippen LogP contribution in [0.2, 0.25) is 0 Å². The predicted molar refractivity (Wildman–Crippen MR) is 58.3 cm³/mol. The van der Waals surface area contributed by atoms with Gasteiger partial charge in [0.2, 0.25) is 0 Å². The molecule has 0 unspecified atom stereocenters. The van der Waals surface area contributed by atoms with E-state index in [0.29, 0.717) is 17.6 Å². The Morgan fingerprint density at radius 1 is 0.867 bits per heavy atom. The fourth-order valence-electron chi connectivity index (χ4n) is 4.71. The first-order valence-corrected chi connectivity index (χ1v) is 6.60. The minimum atomic E-state index is 0.441. The van der Waals surface area contributed by atoms with E-state index in [4.69, 9.17) is 0 Å². The van der Waals surface area contributed by atoms with Crippen molar-refractivity contribution in [2.24, 2.45) is 23.7 Å². The molecule has 15 heavy (non-hydrogen) atoms. The van der Waals surface area contributed by atoms with Crippen LogP contribution < -0.4 is 0 Å². The van der Waals surface area contributed by atoms with Crippen molar-refractivity contribution in [3.8, 4) is 0 Å². The highest BCUT2D eigenvalue weighted by atomic mass is 16.1. The summed E-state index contributed by atoms with van der Waals surface area (Å²) in [4.78, 5) is 12.2. The van der Waals surface area contributed by atoms with Gasteiger partial charge < -0.3 is 0 Å². The molecular formula is C14H18O. The third-order valence-electron chi connectivity index (χ3n) is 5.37. The summed E-state index contributed by atoms with van der Waals surface area (Å²) >= 11 is 0. The first-order valence-electron chi connectivity index (χ1n) is 6.60. The zero-order chi connectivity index (χ0) is 9.99. The first kappa shape index (κ1) is 8.55. The molecule has 0 heterocycles. The lowest BCUT2D eigenvalue weighted by molar-refractivity contribution is -0.118. The second-order valence-electron chi connectivity index (χ2n) is 6.09. The van der Waals surface area contributed by atoms with Crippen LogP contribution in [0.5, 0.6) is 0 Å². The lowest BCUT2D eigenvalue weighted by atomic mass is 9.83. The maximum atomic E-state index is 12.2. The van der Waals surface area contributed by atoms with E-state index in [2.05, 4.69) is 0 Å². The maximum Gasteiger partial charge on any atom is 0.162 e. The van der Waals surface area contributed by atoms with E-state index in [1.807, 2.05) is 0 Å². The monoisotopic (exact) mass is 202 g/mol. The van der Waals surface area contributed by atoms with Crippen LogP contribution in [0, 0.1) is 23.7 Å². The average Bonchev–Trinajstić information content (AvgIpc) is 2.96. The predicted octanol–water partition coefficient (Wildman–Crippen LogP) is 3.10. The number of hydrogen-bond acceptors (Lipinski definition) is 1. The van der Waals surface area contributed by atoms with Gasteiger partial charge in [0.1, 0.15) is 0 Å². The summed E-state index contributed by atoms with van der Waals surface area (Å²) in [5.41, 5.74) is 2.97. The van der Waals surface area contributed by atoms with Crippen LogP contribution in [0.25, 0.3) is 0 Å². The summed E-state index contributed by atoms with van der Waals surface area (Å²) in [6, 6.07) is 0. The molecule has 4 bridgehead atoms. The summed E-state index contributed by atoms with van der Waals surface area (Å²) < 4.78 is 0. The van der Waals surface area contributed by atoms with E-state index < -0.39 is 0 Å². The van der Waals surface area contributed by atoms with E-state index in [0.717, 1.165) is 11.8 Å². The molecule has 0 radical (unpaired) electrons. The molecule has 80 valence electrons. The van der Waals surface area contributed by atoms with Gasteiger partial charge in [0.15, 0.2) is 5.78 Å². The van der Waals surface area contributed by atoms with Gasteiger partial charge in [-0.2, -0.15) is 0 Å². The molecule has 4 atom stereocenters. The first-order chi connectivity index (χ1) is 7.33. The molecule has 4 fully saturated rings. The summed E-state index contributed by atoms with van der Waals surface area (Å²) in [5, 5.41) is 0. The van der Waals surface area contributed by atoms with E-state index in [9.17, 15) is 4.79 Å². The minimum absolute atomic E-state index is 0.441. The molecule has 4 rings (SSSR count). The Labute approximate surface area is 90.9 Å². The van der Waals surface area contributed by atoms with Gasteiger partial charge in [0.25, 0.3) is 0 Å². The normalized spacial score (nSPS) is 52.1. The second kappa shape index (κ2) is 2.75. The molecule has 4 aliphatic carbocycles. The standard InChI is InChI=1S/C14H18O/c15-14-11-4-3-10(7-11)13(14)12-6-8-1-2-9(12)5-8/h8-11H,1-7H2/b13-12-/t8-,9-,10-,11-/m0/s1. The van der Waals surface area contributed by atoms with E-state index in [-0.39, 0.29) is 0 Å². The number of fused-ring (bicyclic) bond motifs is 4. The number of carbonyl (C=O) groups is 1. The quantitative estimate of drug-likeness (QED) is 0.552. The third kappa shape index (κ3) is 1.02. The van der Waals surface area contributed by atoms with Crippen LogP contribution in [-0.2, 0) is 4.79 Å². The van der Waals surface area contributed by atoms with Gasteiger partial charge in [0.05, 0.1) is 0 Å². The lowest BCUT2D eigenvalue weighted by Crippen LogP contribution is -2.16. The van der Waals surface area contributed by atoms with Crippen LogP contribution >= 0.6 is 0 Å². The van der Waals surface area contributed by atoms with Crippen LogP contribution in [0.1, 0.15) is 44.9 Å². The third-order valence-corrected chi connectivity index (χ3v) is 5.37. The molecular weight excluding hydrogens is 184 g/mol. The SMILES string of the molecule is O=C1/C(=C2/C[C@H]3CC[C@H]2C3)[C@H]2CC[C@H]1C2.